The van der Waals surface area contributed by atoms with E-state index < -0.39 is 18.0 Å². The van der Waals surface area contributed by atoms with Gasteiger partial charge in [0.15, 0.2) is 0 Å². The van der Waals surface area contributed by atoms with Crippen molar-refractivity contribution in [1.29, 1.82) is 0 Å². The van der Waals surface area contributed by atoms with Crippen molar-refractivity contribution in [2.75, 3.05) is 12.4 Å². The molecule has 0 fully saturated rings. The van der Waals surface area contributed by atoms with Gasteiger partial charge in [-0.2, -0.15) is 5.10 Å². The predicted molar refractivity (Wildman–Crippen MR) is 123 cm³/mol. The highest BCUT2D eigenvalue weighted by atomic mass is 16.5. The number of H-pyrrole nitrogens is 1. The summed E-state index contributed by atoms with van der Waals surface area (Å²) in [4.78, 5) is 37.9. The van der Waals surface area contributed by atoms with Gasteiger partial charge in [-0.3, -0.25) is 14.4 Å². The first-order valence-electron chi connectivity index (χ1n) is 10.2. The molecule has 166 valence electrons. The van der Waals surface area contributed by atoms with E-state index in [0.717, 1.165) is 0 Å². The molecule has 8 nitrogen and oxygen atoms in total. The number of nitrogens with zero attached hydrogens (tertiary/aromatic N) is 1. The van der Waals surface area contributed by atoms with Gasteiger partial charge in [0.1, 0.15) is 5.75 Å². The van der Waals surface area contributed by atoms with Crippen molar-refractivity contribution in [2.45, 2.75) is 12.5 Å². The smallest absolute Gasteiger partial charge is 0.313 e. The lowest BCUT2D eigenvalue weighted by molar-refractivity contribution is -0.154. The first-order valence-corrected chi connectivity index (χ1v) is 10.2. The van der Waals surface area contributed by atoms with E-state index in [4.69, 9.17) is 9.47 Å². The largest absolute Gasteiger partial charge is 0.497 e. The molecule has 0 unspecified atom stereocenters. The van der Waals surface area contributed by atoms with E-state index in [-0.39, 0.29) is 12.0 Å². The second kappa shape index (κ2) is 9.78. The SMILES string of the molecule is COc1cccc(NC(=O)[C@@H](OC(=O)Cc2n[nH]c(=O)c3ccccc23)c2ccccc2)c1. The van der Waals surface area contributed by atoms with Crippen LogP contribution in [0.3, 0.4) is 0 Å². The summed E-state index contributed by atoms with van der Waals surface area (Å²) < 4.78 is 10.8. The van der Waals surface area contributed by atoms with Gasteiger partial charge < -0.3 is 14.8 Å². The molecule has 1 atom stereocenters. The lowest BCUT2D eigenvalue weighted by Gasteiger charge is -2.18. The number of amides is 1. The third-order valence-electron chi connectivity index (χ3n) is 5.01. The van der Waals surface area contributed by atoms with Crippen molar-refractivity contribution in [3.8, 4) is 5.75 Å². The monoisotopic (exact) mass is 443 g/mol. The Morgan fingerprint density at radius 1 is 0.970 bits per heavy atom. The number of carbonyl (C=O) groups excluding carboxylic acids is 2. The molecule has 2 N–H and O–H groups in total. The van der Waals surface area contributed by atoms with E-state index in [1.165, 1.54) is 7.11 Å². The average molecular weight is 443 g/mol. The summed E-state index contributed by atoms with van der Waals surface area (Å²) in [6.07, 6.45) is -1.40. The number of fused-ring (bicyclic) bond motifs is 1. The van der Waals surface area contributed by atoms with Crippen LogP contribution in [-0.4, -0.2) is 29.2 Å². The third kappa shape index (κ3) is 5.07. The Kier molecular flexibility index (Phi) is 6.45. The quantitative estimate of drug-likeness (QED) is 0.424. The molecule has 8 heteroatoms. The van der Waals surface area contributed by atoms with Crippen LogP contribution in [0.15, 0.2) is 83.7 Å². The van der Waals surface area contributed by atoms with Gasteiger partial charge in [-0.15, -0.1) is 0 Å². The van der Waals surface area contributed by atoms with E-state index in [9.17, 15) is 14.4 Å². The molecule has 3 aromatic carbocycles. The van der Waals surface area contributed by atoms with E-state index in [0.29, 0.717) is 33.5 Å². The molecule has 0 radical (unpaired) electrons. The number of benzene rings is 3. The van der Waals surface area contributed by atoms with Crippen LogP contribution in [0.1, 0.15) is 17.4 Å². The molecule has 0 saturated heterocycles. The summed E-state index contributed by atoms with van der Waals surface area (Å²) in [6.45, 7) is 0. The van der Waals surface area contributed by atoms with Crippen LogP contribution in [0, 0.1) is 0 Å². The van der Waals surface area contributed by atoms with Gasteiger partial charge in [-0.1, -0.05) is 54.6 Å². The standard InChI is InChI=1S/C25H21N3O5/c1-32-18-11-7-10-17(14-18)26-25(31)23(16-8-3-2-4-9-16)33-22(29)15-21-19-12-5-6-13-20(19)24(30)28-27-21/h2-14,23H,15H2,1H3,(H,26,31)(H,28,30)/t23-/m0/s1. The Morgan fingerprint density at radius 2 is 1.70 bits per heavy atom. The minimum Gasteiger partial charge on any atom is -0.497 e. The van der Waals surface area contributed by atoms with Crippen LogP contribution in [0.4, 0.5) is 5.69 Å². The highest BCUT2D eigenvalue weighted by Gasteiger charge is 2.26. The Hall–Kier alpha value is -4.46. The summed E-state index contributed by atoms with van der Waals surface area (Å²) in [5.74, 6) is -0.589. The zero-order valence-corrected chi connectivity index (χ0v) is 17.8. The molecule has 4 rings (SSSR count). The molecule has 0 aliphatic carbocycles. The van der Waals surface area contributed by atoms with Crippen molar-refractivity contribution >= 4 is 28.3 Å². The van der Waals surface area contributed by atoms with Crippen LogP contribution in [-0.2, 0) is 20.7 Å². The number of carbonyl (C=O) groups is 2. The minimum atomic E-state index is -1.18. The molecule has 33 heavy (non-hydrogen) atoms. The number of esters is 1. The van der Waals surface area contributed by atoms with E-state index in [2.05, 4.69) is 15.5 Å². The van der Waals surface area contributed by atoms with Crippen molar-refractivity contribution in [3.05, 3.63) is 100 Å². The highest BCUT2D eigenvalue weighted by molar-refractivity contribution is 5.96. The number of methoxy groups -OCH3 is 1. The fourth-order valence-corrected chi connectivity index (χ4v) is 3.43. The zero-order chi connectivity index (χ0) is 23.2. The van der Waals surface area contributed by atoms with Crippen LogP contribution in [0.2, 0.25) is 0 Å². The van der Waals surface area contributed by atoms with Crippen molar-refractivity contribution in [3.63, 3.8) is 0 Å². The van der Waals surface area contributed by atoms with Gasteiger partial charge in [0.2, 0.25) is 6.10 Å². The number of nitrogens with one attached hydrogen (secondary N) is 2. The first-order chi connectivity index (χ1) is 16.0. The summed E-state index contributed by atoms with van der Waals surface area (Å²) in [5, 5.41) is 10.1. The molecule has 4 aromatic rings. The van der Waals surface area contributed by atoms with Crippen molar-refractivity contribution in [2.24, 2.45) is 0 Å². The molecule has 1 aromatic heterocycles. The number of hydrogen-bond acceptors (Lipinski definition) is 6. The highest BCUT2D eigenvalue weighted by Crippen LogP contribution is 2.23. The Bertz CT molecular complexity index is 1350. The third-order valence-corrected chi connectivity index (χ3v) is 5.01. The predicted octanol–water partition coefficient (Wildman–Crippen LogP) is 3.40. The summed E-state index contributed by atoms with van der Waals surface area (Å²) in [6, 6.07) is 22.4. The molecule has 0 aliphatic rings. The average Bonchev–Trinajstić information content (AvgIpc) is 2.85. The number of anilines is 1. The van der Waals surface area contributed by atoms with Gasteiger partial charge in [0, 0.05) is 22.7 Å². The van der Waals surface area contributed by atoms with Crippen LogP contribution in [0.5, 0.6) is 5.75 Å². The maximum atomic E-state index is 13.1. The number of rotatable bonds is 7. The number of ether oxygens (including phenoxy) is 2. The molecule has 1 amide bonds. The van der Waals surface area contributed by atoms with E-state index in [1.54, 1.807) is 78.9 Å². The summed E-state index contributed by atoms with van der Waals surface area (Å²) >= 11 is 0. The normalized spacial score (nSPS) is 11.5. The van der Waals surface area contributed by atoms with Crippen molar-refractivity contribution in [1.82, 2.24) is 10.2 Å². The second-order valence-electron chi connectivity index (χ2n) is 7.22. The van der Waals surface area contributed by atoms with E-state index in [1.807, 2.05) is 0 Å². The molecule has 1 heterocycles. The lowest BCUT2D eigenvalue weighted by atomic mass is 10.1. The molecule has 0 saturated carbocycles. The molecule has 0 bridgehead atoms. The van der Waals surface area contributed by atoms with Crippen molar-refractivity contribution < 1.29 is 19.1 Å². The number of aromatic amines is 1. The van der Waals surface area contributed by atoms with Gasteiger partial charge in [-0.05, 0) is 18.2 Å². The molecule has 0 aliphatic heterocycles. The fraction of sp³-hybridized carbons (Fsp3) is 0.120. The Morgan fingerprint density at radius 3 is 2.45 bits per heavy atom. The maximum absolute atomic E-state index is 13.1. The molecular weight excluding hydrogens is 422 g/mol. The number of aromatic nitrogens is 2. The lowest BCUT2D eigenvalue weighted by Crippen LogP contribution is -2.27. The van der Waals surface area contributed by atoms with Crippen LogP contribution in [0.25, 0.3) is 10.8 Å². The topological polar surface area (TPSA) is 110 Å². The van der Waals surface area contributed by atoms with Gasteiger partial charge in [0.25, 0.3) is 11.5 Å². The second-order valence-corrected chi connectivity index (χ2v) is 7.22. The van der Waals surface area contributed by atoms with Gasteiger partial charge >= 0.3 is 5.97 Å². The van der Waals surface area contributed by atoms with E-state index >= 15 is 0 Å². The van der Waals surface area contributed by atoms with Gasteiger partial charge in [0.05, 0.1) is 24.6 Å². The zero-order valence-electron chi connectivity index (χ0n) is 17.8. The number of hydrogen-bond donors (Lipinski definition) is 2. The van der Waals surface area contributed by atoms with Crippen LogP contribution < -0.4 is 15.6 Å². The van der Waals surface area contributed by atoms with Gasteiger partial charge in [-0.25, -0.2) is 5.10 Å². The molecular formula is C25H21N3O5. The molecule has 0 spiro atoms. The maximum Gasteiger partial charge on any atom is 0.313 e. The Balaban J connectivity index is 1.57. The fourth-order valence-electron chi connectivity index (χ4n) is 3.43. The minimum absolute atomic E-state index is 0.215. The Labute approximate surface area is 189 Å². The van der Waals surface area contributed by atoms with Crippen LogP contribution >= 0.6 is 0 Å². The first kappa shape index (κ1) is 21.8. The summed E-state index contributed by atoms with van der Waals surface area (Å²) in [5.41, 5.74) is 1.04. The summed E-state index contributed by atoms with van der Waals surface area (Å²) in [7, 11) is 1.53.